The van der Waals surface area contributed by atoms with Crippen molar-refractivity contribution in [2.24, 2.45) is 5.73 Å². The highest BCUT2D eigenvalue weighted by Gasteiger charge is 2.35. The number of thiazole rings is 1. The lowest BCUT2D eigenvalue weighted by atomic mass is 10.1. The summed E-state index contributed by atoms with van der Waals surface area (Å²) in [6.07, 6.45) is -3.47. The van der Waals surface area contributed by atoms with E-state index in [4.69, 9.17) is 5.73 Å². The van der Waals surface area contributed by atoms with Crippen molar-refractivity contribution in [2.45, 2.75) is 12.2 Å². The molecule has 0 spiro atoms. The highest BCUT2D eigenvalue weighted by atomic mass is 32.1. The van der Waals surface area contributed by atoms with Gasteiger partial charge in [0, 0.05) is 16.6 Å². The highest BCUT2D eigenvalue weighted by Crippen LogP contribution is 2.35. The Morgan fingerprint density at radius 1 is 1.22 bits per heavy atom. The topological polar surface area (TPSA) is 38.9 Å². The van der Waals surface area contributed by atoms with E-state index in [9.17, 15) is 17.6 Å². The molecule has 0 bridgehead atoms. The molecule has 18 heavy (non-hydrogen) atoms. The first-order chi connectivity index (χ1) is 8.39. The number of hydrogen-bond acceptors (Lipinski definition) is 3. The van der Waals surface area contributed by atoms with Crippen LogP contribution >= 0.6 is 11.3 Å². The number of hydrogen-bond donors (Lipinski definition) is 1. The summed E-state index contributed by atoms with van der Waals surface area (Å²) < 4.78 is 50.6. The predicted octanol–water partition coefficient (Wildman–Crippen LogP) is 3.35. The van der Waals surface area contributed by atoms with Crippen LogP contribution in [0.2, 0.25) is 0 Å². The normalized spacial score (nSPS) is 13.6. The summed E-state index contributed by atoms with van der Waals surface area (Å²) in [4.78, 5) is 3.43. The Bertz CT molecular complexity index is 550. The SMILES string of the molecule is NC(c1cnc(C(F)(F)F)s1)c1ccccc1F. The van der Waals surface area contributed by atoms with Crippen molar-refractivity contribution in [1.29, 1.82) is 0 Å². The van der Waals surface area contributed by atoms with Gasteiger partial charge in [-0.2, -0.15) is 13.2 Å². The van der Waals surface area contributed by atoms with Gasteiger partial charge in [-0.15, -0.1) is 11.3 Å². The van der Waals surface area contributed by atoms with Crippen molar-refractivity contribution in [3.63, 3.8) is 0 Å². The molecule has 96 valence electrons. The number of nitrogens with two attached hydrogens (primary N) is 1. The predicted molar refractivity (Wildman–Crippen MR) is 59.5 cm³/mol. The van der Waals surface area contributed by atoms with E-state index < -0.39 is 23.0 Å². The lowest BCUT2D eigenvalue weighted by Gasteiger charge is -2.10. The van der Waals surface area contributed by atoms with Gasteiger partial charge in [-0.05, 0) is 6.07 Å². The maximum absolute atomic E-state index is 13.4. The second kappa shape index (κ2) is 4.66. The molecule has 7 heteroatoms. The smallest absolute Gasteiger partial charge is 0.319 e. The molecule has 0 aliphatic carbocycles. The molecule has 0 saturated heterocycles. The Morgan fingerprint density at radius 2 is 1.89 bits per heavy atom. The van der Waals surface area contributed by atoms with E-state index in [0.29, 0.717) is 11.3 Å². The first kappa shape index (κ1) is 13.0. The van der Waals surface area contributed by atoms with E-state index >= 15 is 0 Å². The van der Waals surface area contributed by atoms with Gasteiger partial charge in [0.05, 0.1) is 6.04 Å². The van der Waals surface area contributed by atoms with Crippen molar-refractivity contribution < 1.29 is 17.6 Å². The second-order valence-electron chi connectivity index (χ2n) is 3.56. The number of halogens is 4. The Morgan fingerprint density at radius 3 is 2.44 bits per heavy atom. The zero-order valence-corrected chi connectivity index (χ0v) is 9.73. The molecular weight excluding hydrogens is 268 g/mol. The number of benzene rings is 1. The molecular formula is C11H8F4N2S. The number of alkyl halides is 3. The molecule has 0 fully saturated rings. The maximum Gasteiger partial charge on any atom is 0.443 e. The summed E-state index contributed by atoms with van der Waals surface area (Å²) >= 11 is 0.424. The second-order valence-corrected chi connectivity index (χ2v) is 4.63. The van der Waals surface area contributed by atoms with Crippen LogP contribution in [0.3, 0.4) is 0 Å². The zero-order chi connectivity index (χ0) is 13.3. The summed E-state index contributed by atoms with van der Waals surface area (Å²) in [5.41, 5.74) is 5.88. The zero-order valence-electron chi connectivity index (χ0n) is 8.91. The fourth-order valence-corrected chi connectivity index (χ4v) is 2.25. The van der Waals surface area contributed by atoms with Gasteiger partial charge in [-0.3, -0.25) is 0 Å². The molecule has 1 aromatic heterocycles. The van der Waals surface area contributed by atoms with Crippen molar-refractivity contribution >= 4 is 11.3 Å². The standard InChI is InChI=1S/C11H8F4N2S/c12-7-4-2-1-3-6(7)9(16)8-5-17-10(18-8)11(13,14)15/h1-5,9H,16H2. The van der Waals surface area contributed by atoms with Gasteiger partial charge in [0.25, 0.3) is 0 Å². The Hall–Kier alpha value is -1.47. The molecule has 1 heterocycles. The molecule has 2 nitrogen and oxygen atoms in total. The molecule has 1 unspecified atom stereocenters. The average Bonchev–Trinajstić information content (AvgIpc) is 2.77. The third-order valence-electron chi connectivity index (χ3n) is 2.31. The molecule has 1 aromatic carbocycles. The van der Waals surface area contributed by atoms with Crippen LogP contribution in [0.4, 0.5) is 17.6 Å². The molecule has 0 radical (unpaired) electrons. The fourth-order valence-electron chi connectivity index (χ4n) is 1.44. The first-order valence-corrected chi connectivity index (χ1v) is 5.74. The lowest BCUT2D eigenvalue weighted by Crippen LogP contribution is -2.12. The van der Waals surface area contributed by atoms with E-state index in [1.54, 1.807) is 6.07 Å². The summed E-state index contributed by atoms with van der Waals surface area (Å²) in [6.45, 7) is 0. The van der Waals surface area contributed by atoms with Crippen LogP contribution in [-0.4, -0.2) is 4.98 Å². The first-order valence-electron chi connectivity index (χ1n) is 4.92. The quantitative estimate of drug-likeness (QED) is 0.854. The molecule has 2 rings (SSSR count). The molecule has 0 aliphatic rings. The van der Waals surface area contributed by atoms with E-state index in [1.807, 2.05) is 0 Å². The average molecular weight is 276 g/mol. The van der Waals surface area contributed by atoms with Gasteiger partial charge >= 0.3 is 6.18 Å². The largest absolute Gasteiger partial charge is 0.443 e. The molecule has 2 N–H and O–H groups in total. The number of rotatable bonds is 2. The molecule has 1 atom stereocenters. The van der Waals surface area contributed by atoms with Crippen LogP contribution in [0.5, 0.6) is 0 Å². The van der Waals surface area contributed by atoms with Crippen molar-refractivity contribution in [1.82, 2.24) is 4.98 Å². The van der Waals surface area contributed by atoms with E-state index in [0.717, 1.165) is 6.20 Å². The van der Waals surface area contributed by atoms with Gasteiger partial charge in [-0.25, -0.2) is 9.37 Å². The Labute approximate surface area is 104 Å². The van der Waals surface area contributed by atoms with Crippen molar-refractivity contribution in [3.8, 4) is 0 Å². The molecule has 2 aromatic rings. The van der Waals surface area contributed by atoms with E-state index in [1.165, 1.54) is 18.2 Å². The minimum atomic E-state index is -4.50. The van der Waals surface area contributed by atoms with Crippen LogP contribution in [0.15, 0.2) is 30.5 Å². The van der Waals surface area contributed by atoms with Gasteiger partial charge in [0.1, 0.15) is 5.82 Å². The molecule has 0 aliphatic heterocycles. The highest BCUT2D eigenvalue weighted by molar-refractivity contribution is 7.11. The fraction of sp³-hybridized carbons (Fsp3) is 0.182. The summed E-state index contributed by atoms with van der Waals surface area (Å²) in [5.74, 6) is -0.549. The summed E-state index contributed by atoms with van der Waals surface area (Å²) in [5, 5.41) is -0.982. The van der Waals surface area contributed by atoms with Crippen molar-refractivity contribution in [3.05, 3.63) is 51.7 Å². The summed E-state index contributed by atoms with van der Waals surface area (Å²) in [7, 11) is 0. The van der Waals surface area contributed by atoms with Gasteiger partial charge < -0.3 is 5.73 Å². The van der Waals surface area contributed by atoms with Crippen LogP contribution in [0.1, 0.15) is 21.5 Å². The molecule has 0 amide bonds. The lowest BCUT2D eigenvalue weighted by molar-refractivity contribution is -0.137. The third kappa shape index (κ3) is 2.51. The van der Waals surface area contributed by atoms with Crippen LogP contribution in [-0.2, 0) is 6.18 Å². The van der Waals surface area contributed by atoms with Gasteiger partial charge in [-0.1, -0.05) is 18.2 Å². The van der Waals surface area contributed by atoms with Gasteiger partial charge in [0.2, 0.25) is 0 Å². The minimum Gasteiger partial charge on any atom is -0.319 e. The van der Waals surface area contributed by atoms with E-state index in [-0.39, 0.29) is 10.4 Å². The Kier molecular flexibility index (Phi) is 3.36. The van der Waals surface area contributed by atoms with Crippen LogP contribution in [0.25, 0.3) is 0 Å². The van der Waals surface area contributed by atoms with Crippen molar-refractivity contribution in [2.75, 3.05) is 0 Å². The number of nitrogens with zero attached hydrogens (tertiary/aromatic N) is 1. The summed E-state index contributed by atoms with van der Waals surface area (Å²) in [6, 6.07) is 4.76. The Balaban J connectivity index is 2.33. The third-order valence-corrected chi connectivity index (χ3v) is 3.44. The maximum atomic E-state index is 13.4. The van der Waals surface area contributed by atoms with Gasteiger partial charge in [0.15, 0.2) is 5.01 Å². The van der Waals surface area contributed by atoms with E-state index in [2.05, 4.69) is 4.98 Å². The van der Waals surface area contributed by atoms with Crippen LogP contribution < -0.4 is 5.73 Å². The van der Waals surface area contributed by atoms with Crippen LogP contribution in [0, 0.1) is 5.82 Å². The number of aromatic nitrogens is 1. The molecule has 0 saturated carbocycles. The minimum absolute atomic E-state index is 0.148. The monoisotopic (exact) mass is 276 g/mol.